The third-order valence-corrected chi connectivity index (χ3v) is 8.00. The number of hydrogen-bond donors (Lipinski definition) is 4. The molecule has 4 aliphatic rings. The number of ether oxygens (including phenoxy) is 4. The van der Waals surface area contributed by atoms with Gasteiger partial charge in [-0.3, -0.25) is 14.4 Å². The Bertz CT molecular complexity index is 711. The number of methoxy groups -OCH3 is 1. The van der Waals surface area contributed by atoms with Gasteiger partial charge in [-0.25, -0.2) is 0 Å². The van der Waals surface area contributed by atoms with Gasteiger partial charge in [0.2, 0.25) is 5.91 Å². The second kappa shape index (κ2) is 18.2. The van der Waals surface area contributed by atoms with Crippen molar-refractivity contribution in [1.82, 2.24) is 5.32 Å². The smallest absolute Gasteiger partial charge is 0.306 e. The number of nitrogens with two attached hydrogens (primary N) is 2. The SMILES string of the molecule is COC(=O)CC1(CN)CCOCC1.Cl.Cl.NCC1(CC(=O)O)CCOCC1.O=C1CC2(CCOCC2)CN1. The Morgan fingerprint density at radius 2 is 1.26 bits per heavy atom. The topological polar surface area (TPSA) is 172 Å². The molecule has 224 valence electrons. The minimum absolute atomic E-state index is 0. The molecular weight excluding hydrogens is 541 g/mol. The van der Waals surface area contributed by atoms with Crippen LogP contribution in [0.1, 0.15) is 57.8 Å². The standard InChI is InChI=1S/C9H17NO3.C8H15NO3.C8H13NO2.2ClH/c1-12-8(11)6-9(7-10)2-4-13-5-3-9;9-6-8(5-7(10)11)1-3-12-4-2-8;10-7-5-8(6-9-7)1-3-11-4-2-8;;/h2-7,10H2,1H3;1-6,9H2,(H,10,11);1-6H2,(H,9,10);2*1H. The van der Waals surface area contributed by atoms with Crippen molar-refractivity contribution in [3.8, 4) is 0 Å². The predicted molar refractivity (Wildman–Crippen MR) is 147 cm³/mol. The molecule has 13 heteroatoms. The molecule has 1 amide bonds. The largest absolute Gasteiger partial charge is 0.481 e. The molecule has 4 heterocycles. The highest BCUT2D eigenvalue weighted by atomic mass is 35.5. The van der Waals surface area contributed by atoms with Gasteiger partial charge in [0.05, 0.1) is 20.0 Å². The fourth-order valence-corrected chi connectivity index (χ4v) is 5.12. The summed E-state index contributed by atoms with van der Waals surface area (Å²) in [6.07, 6.45) is 6.67. The van der Waals surface area contributed by atoms with Crippen molar-refractivity contribution >= 4 is 42.7 Å². The van der Waals surface area contributed by atoms with Crippen LogP contribution in [0.2, 0.25) is 0 Å². The molecule has 0 aromatic carbocycles. The van der Waals surface area contributed by atoms with Crippen LogP contribution in [0, 0.1) is 16.2 Å². The number of carbonyl (C=O) groups excluding carboxylic acids is 2. The number of amides is 1. The van der Waals surface area contributed by atoms with Crippen LogP contribution >= 0.6 is 24.8 Å². The first-order valence-corrected chi connectivity index (χ1v) is 12.9. The van der Waals surface area contributed by atoms with Gasteiger partial charge in [0, 0.05) is 58.0 Å². The van der Waals surface area contributed by atoms with Crippen molar-refractivity contribution in [2.45, 2.75) is 57.8 Å². The van der Waals surface area contributed by atoms with Crippen LogP contribution in [0.25, 0.3) is 0 Å². The summed E-state index contributed by atoms with van der Waals surface area (Å²) < 4.78 is 20.3. The molecule has 0 radical (unpaired) electrons. The molecule has 0 aromatic rings. The lowest BCUT2D eigenvalue weighted by Crippen LogP contribution is -2.38. The van der Waals surface area contributed by atoms with E-state index in [2.05, 4.69) is 10.1 Å². The molecule has 1 spiro atoms. The summed E-state index contributed by atoms with van der Waals surface area (Å²) in [4.78, 5) is 32.6. The average Bonchev–Trinajstić information content (AvgIpc) is 3.25. The zero-order chi connectivity index (χ0) is 26.5. The van der Waals surface area contributed by atoms with Crippen molar-refractivity contribution in [2.75, 3.05) is 66.4 Å². The van der Waals surface area contributed by atoms with Crippen molar-refractivity contribution in [3.05, 3.63) is 0 Å². The summed E-state index contributed by atoms with van der Waals surface area (Å²) in [5.74, 6) is -0.721. The van der Waals surface area contributed by atoms with E-state index >= 15 is 0 Å². The fraction of sp³-hybridized carbons (Fsp3) is 0.880. The number of carbonyl (C=O) groups is 3. The Hall–Kier alpha value is -1.21. The first-order chi connectivity index (χ1) is 17.2. The number of halogens is 2. The second-order valence-corrected chi connectivity index (χ2v) is 10.5. The van der Waals surface area contributed by atoms with E-state index < -0.39 is 5.97 Å². The van der Waals surface area contributed by atoms with Crippen LogP contribution in [0.15, 0.2) is 0 Å². The molecule has 4 fully saturated rings. The Kier molecular flexibility index (Phi) is 17.6. The quantitative estimate of drug-likeness (QED) is 0.335. The molecule has 0 unspecified atom stereocenters. The Labute approximate surface area is 238 Å². The number of hydrogen-bond acceptors (Lipinski definition) is 9. The number of carboxylic acids is 1. The first-order valence-electron chi connectivity index (χ1n) is 12.9. The molecule has 0 saturated carbocycles. The second-order valence-electron chi connectivity index (χ2n) is 10.5. The van der Waals surface area contributed by atoms with Crippen molar-refractivity contribution < 1.29 is 38.4 Å². The molecule has 0 atom stereocenters. The molecule has 0 aliphatic carbocycles. The van der Waals surface area contributed by atoms with Gasteiger partial charge >= 0.3 is 11.9 Å². The lowest BCUT2D eigenvalue weighted by molar-refractivity contribution is -0.145. The van der Waals surface area contributed by atoms with Gasteiger partial charge in [-0.15, -0.1) is 24.8 Å². The Balaban J connectivity index is 0.000000528. The van der Waals surface area contributed by atoms with E-state index in [0.29, 0.717) is 45.9 Å². The van der Waals surface area contributed by atoms with Gasteiger partial charge in [-0.1, -0.05) is 0 Å². The van der Waals surface area contributed by atoms with E-state index in [0.717, 1.165) is 64.7 Å². The highest BCUT2D eigenvalue weighted by Crippen LogP contribution is 2.36. The van der Waals surface area contributed by atoms with Crippen LogP contribution in [0.5, 0.6) is 0 Å². The monoisotopic (exact) mass is 587 g/mol. The summed E-state index contributed by atoms with van der Waals surface area (Å²) in [6, 6.07) is 0. The number of rotatable bonds is 6. The summed E-state index contributed by atoms with van der Waals surface area (Å²) in [7, 11) is 1.41. The number of aliphatic carboxylic acids is 1. The molecule has 11 nitrogen and oxygen atoms in total. The van der Waals surface area contributed by atoms with E-state index in [1.54, 1.807) is 0 Å². The minimum atomic E-state index is -0.762. The maximum atomic E-state index is 11.1. The summed E-state index contributed by atoms with van der Waals surface area (Å²) in [6.45, 7) is 6.20. The summed E-state index contributed by atoms with van der Waals surface area (Å²) in [5.41, 5.74) is 11.2. The maximum Gasteiger partial charge on any atom is 0.306 e. The zero-order valence-corrected chi connectivity index (χ0v) is 24.1. The molecule has 4 aliphatic heterocycles. The number of nitrogens with one attached hydrogen (secondary N) is 1. The van der Waals surface area contributed by atoms with Crippen LogP contribution in [0.3, 0.4) is 0 Å². The highest BCUT2D eigenvalue weighted by molar-refractivity contribution is 5.85. The normalized spacial score (nSPS) is 22.6. The van der Waals surface area contributed by atoms with Crippen LogP contribution in [0.4, 0.5) is 0 Å². The third kappa shape index (κ3) is 11.9. The van der Waals surface area contributed by atoms with Crippen molar-refractivity contribution in [3.63, 3.8) is 0 Å². The molecule has 4 rings (SSSR count). The summed E-state index contributed by atoms with van der Waals surface area (Å²) >= 11 is 0. The van der Waals surface area contributed by atoms with Crippen LogP contribution in [-0.4, -0.2) is 89.3 Å². The van der Waals surface area contributed by atoms with Gasteiger partial charge in [-0.2, -0.15) is 0 Å². The number of carboxylic acid groups (broad SMARTS) is 1. The van der Waals surface area contributed by atoms with Gasteiger partial charge < -0.3 is 40.8 Å². The van der Waals surface area contributed by atoms with E-state index in [9.17, 15) is 14.4 Å². The van der Waals surface area contributed by atoms with Gasteiger partial charge in [0.1, 0.15) is 0 Å². The van der Waals surface area contributed by atoms with E-state index in [1.807, 2.05) is 0 Å². The average molecular weight is 589 g/mol. The van der Waals surface area contributed by atoms with Gasteiger partial charge in [-0.05, 0) is 62.4 Å². The minimum Gasteiger partial charge on any atom is -0.481 e. The summed E-state index contributed by atoms with van der Waals surface area (Å²) in [5, 5.41) is 11.6. The third-order valence-electron chi connectivity index (χ3n) is 8.00. The van der Waals surface area contributed by atoms with Crippen molar-refractivity contribution in [2.24, 2.45) is 27.7 Å². The first kappa shape index (κ1) is 36.8. The maximum absolute atomic E-state index is 11.1. The molecular formula is C25H47Cl2N3O8. The van der Waals surface area contributed by atoms with Gasteiger partial charge in [0.15, 0.2) is 0 Å². The van der Waals surface area contributed by atoms with E-state index in [1.165, 1.54) is 7.11 Å². The lowest BCUT2D eigenvalue weighted by Gasteiger charge is -2.34. The fourth-order valence-electron chi connectivity index (χ4n) is 5.12. The van der Waals surface area contributed by atoms with Crippen molar-refractivity contribution in [1.29, 1.82) is 0 Å². The van der Waals surface area contributed by atoms with E-state index in [4.69, 9.17) is 30.8 Å². The van der Waals surface area contributed by atoms with Gasteiger partial charge in [0.25, 0.3) is 0 Å². The number of esters is 1. The molecule has 0 bridgehead atoms. The Morgan fingerprint density at radius 3 is 1.61 bits per heavy atom. The van der Waals surface area contributed by atoms with Crippen LogP contribution in [-0.2, 0) is 33.3 Å². The highest BCUT2D eigenvalue weighted by Gasteiger charge is 2.39. The molecule has 6 N–H and O–H groups in total. The molecule has 38 heavy (non-hydrogen) atoms. The zero-order valence-electron chi connectivity index (χ0n) is 22.5. The van der Waals surface area contributed by atoms with E-state index in [-0.39, 0.29) is 59.4 Å². The Morgan fingerprint density at radius 1 is 0.842 bits per heavy atom. The van der Waals surface area contributed by atoms with Crippen LogP contribution < -0.4 is 16.8 Å². The predicted octanol–water partition coefficient (Wildman–Crippen LogP) is 1.67. The lowest BCUT2D eigenvalue weighted by atomic mass is 9.77. The molecule has 4 saturated heterocycles. The molecule has 0 aromatic heterocycles.